The molecule has 2 aromatic rings. The van der Waals surface area contributed by atoms with Crippen LogP contribution in [0.3, 0.4) is 0 Å². The predicted molar refractivity (Wildman–Crippen MR) is 223 cm³/mol. The van der Waals surface area contributed by atoms with Gasteiger partial charge in [0.05, 0.1) is 8.07 Å². The second kappa shape index (κ2) is 13.2. The Kier molecular flexibility index (Phi) is 10.1. The standard InChI is InChI=1S/C49H78Si/c1-31-24-43-39(33-27-36(48(8,9)10)30-37(28-33)49(11,12)13)19-17-21-42(43)45(31)50(14,15)44-23-22-40-38(18-16-20-41(40)44)32-25-34(46(2,3)4)29-35(26-32)47(5,6)7/h25-31,38-45H,16-24H2,1-15H3. The van der Waals surface area contributed by atoms with E-state index in [9.17, 15) is 0 Å². The van der Waals surface area contributed by atoms with Crippen LogP contribution in [0.15, 0.2) is 36.4 Å². The lowest BCUT2D eigenvalue weighted by atomic mass is 9.69. The number of hydrogen-bond acceptors (Lipinski definition) is 0. The Labute approximate surface area is 311 Å². The van der Waals surface area contributed by atoms with Crippen LogP contribution in [-0.4, -0.2) is 8.07 Å². The average Bonchev–Trinajstić information content (AvgIpc) is 3.60. The molecule has 0 bridgehead atoms. The van der Waals surface area contributed by atoms with E-state index < -0.39 is 8.07 Å². The first-order valence-corrected chi connectivity index (χ1v) is 24.5. The van der Waals surface area contributed by atoms with Gasteiger partial charge in [-0.1, -0.05) is 172 Å². The molecular weight excluding hydrogens is 617 g/mol. The van der Waals surface area contributed by atoms with E-state index in [1.807, 2.05) is 0 Å². The largest absolute Gasteiger partial charge is 0.0689 e. The van der Waals surface area contributed by atoms with Crippen molar-refractivity contribution in [2.75, 3.05) is 0 Å². The summed E-state index contributed by atoms with van der Waals surface area (Å²) in [6, 6.07) is 15.7. The summed E-state index contributed by atoms with van der Waals surface area (Å²) in [5, 5.41) is 0. The lowest BCUT2D eigenvalue weighted by molar-refractivity contribution is 0.226. The highest BCUT2D eigenvalue weighted by molar-refractivity contribution is 6.80. The molecule has 0 saturated heterocycles. The molecule has 4 aliphatic rings. The van der Waals surface area contributed by atoms with Gasteiger partial charge in [-0.25, -0.2) is 0 Å². The van der Waals surface area contributed by atoms with Crippen LogP contribution in [-0.2, 0) is 21.7 Å². The Morgan fingerprint density at radius 3 is 1.28 bits per heavy atom. The van der Waals surface area contributed by atoms with E-state index in [1.165, 1.54) is 57.8 Å². The van der Waals surface area contributed by atoms with Crippen molar-refractivity contribution in [2.24, 2.45) is 29.6 Å². The molecule has 9 unspecified atom stereocenters. The quantitative estimate of drug-likeness (QED) is 0.280. The molecule has 4 saturated carbocycles. The molecule has 9 atom stereocenters. The van der Waals surface area contributed by atoms with Crippen molar-refractivity contribution in [3.63, 3.8) is 0 Å². The first-order chi connectivity index (χ1) is 23.0. The van der Waals surface area contributed by atoms with E-state index >= 15 is 0 Å². The maximum absolute atomic E-state index is 2.91. The van der Waals surface area contributed by atoms with E-state index in [0.29, 0.717) is 0 Å². The van der Waals surface area contributed by atoms with E-state index in [0.717, 1.165) is 52.5 Å². The number of rotatable bonds is 4. The Morgan fingerprint density at radius 1 is 0.460 bits per heavy atom. The topological polar surface area (TPSA) is 0 Å². The number of hydrogen-bond donors (Lipinski definition) is 0. The third kappa shape index (κ3) is 7.27. The number of fused-ring (bicyclic) bond motifs is 2. The van der Waals surface area contributed by atoms with Gasteiger partial charge in [0.15, 0.2) is 0 Å². The molecule has 0 nitrogen and oxygen atoms in total. The molecule has 1 heteroatoms. The first kappa shape index (κ1) is 38.4. The van der Waals surface area contributed by atoms with Crippen molar-refractivity contribution in [3.8, 4) is 0 Å². The molecule has 278 valence electrons. The molecule has 0 aromatic heterocycles. The summed E-state index contributed by atoms with van der Waals surface area (Å²) in [7, 11) is -1.54. The van der Waals surface area contributed by atoms with Crippen LogP contribution in [0, 0.1) is 29.6 Å². The van der Waals surface area contributed by atoms with Crippen LogP contribution in [0.4, 0.5) is 0 Å². The molecular formula is C49H78Si. The van der Waals surface area contributed by atoms with Crippen LogP contribution in [0.5, 0.6) is 0 Å². The van der Waals surface area contributed by atoms with Crippen molar-refractivity contribution in [2.45, 2.75) is 205 Å². The fourth-order valence-corrected chi connectivity index (χ4v) is 18.7. The maximum atomic E-state index is 2.91. The fraction of sp³-hybridized carbons (Fsp3) is 0.755. The monoisotopic (exact) mass is 695 g/mol. The van der Waals surface area contributed by atoms with E-state index in [1.54, 1.807) is 33.4 Å². The summed E-state index contributed by atoms with van der Waals surface area (Å²) >= 11 is 0. The van der Waals surface area contributed by atoms with Crippen molar-refractivity contribution < 1.29 is 0 Å². The van der Waals surface area contributed by atoms with Crippen molar-refractivity contribution >= 4 is 8.07 Å². The molecule has 4 fully saturated rings. The van der Waals surface area contributed by atoms with Crippen LogP contribution in [0.1, 0.15) is 193 Å². The second-order valence-electron chi connectivity index (χ2n) is 23.2. The van der Waals surface area contributed by atoms with Gasteiger partial charge >= 0.3 is 0 Å². The first-order valence-electron chi connectivity index (χ1n) is 21.3. The van der Waals surface area contributed by atoms with Gasteiger partial charge in [-0.3, -0.25) is 0 Å². The molecule has 0 radical (unpaired) electrons. The lowest BCUT2D eigenvalue weighted by Crippen LogP contribution is -2.45. The summed E-state index contributed by atoms with van der Waals surface area (Å²) in [4.78, 5) is 0. The summed E-state index contributed by atoms with van der Waals surface area (Å²) in [6.45, 7) is 37.5. The highest BCUT2D eigenvalue weighted by Gasteiger charge is 2.58. The molecule has 0 heterocycles. The van der Waals surface area contributed by atoms with Crippen LogP contribution >= 0.6 is 0 Å². The highest BCUT2D eigenvalue weighted by Crippen LogP contribution is 2.66. The third-order valence-corrected chi connectivity index (χ3v) is 20.7. The lowest BCUT2D eigenvalue weighted by Gasteiger charge is -2.48. The fourth-order valence-electron chi connectivity index (χ4n) is 12.6. The molecule has 0 amide bonds. The van der Waals surface area contributed by atoms with E-state index in [4.69, 9.17) is 0 Å². The van der Waals surface area contributed by atoms with Crippen LogP contribution in [0.25, 0.3) is 0 Å². The molecule has 0 N–H and O–H groups in total. The summed E-state index contributed by atoms with van der Waals surface area (Å²) in [5.74, 6) is 6.06. The van der Waals surface area contributed by atoms with Crippen molar-refractivity contribution in [1.82, 2.24) is 0 Å². The summed E-state index contributed by atoms with van der Waals surface area (Å²) < 4.78 is 0. The van der Waals surface area contributed by atoms with Gasteiger partial charge in [-0.2, -0.15) is 0 Å². The molecule has 0 aliphatic heterocycles. The molecule has 2 aromatic carbocycles. The molecule has 6 rings (SSSR count). The Bertz CT molecular complexity index is 1450. The van der Waals surface area contributed by atoms with Gasteiger partial charge in [-0.15, -0.1) is 0 Å². The minimum Gasteiger partial charge on any atom is -0.0689 e. The second-order valence-corrected chi connectivity index (χ2v) is 28.2. The van der Waals surface area contributed by atoms with Crippen molar-refractivity contribution in [1.29, 1.82) is 0 Å². The van der Waals surface area contributed by atoms with Crippen LogP contribution in [0.2, 0.25) is 24.2 Å². The minimum atomic E-state index is -1.54. The maximum Gasteiger partial charge on any atom is 0.0544 e. The van der Waals surface area contributed by atoms with Gasteiger partial charge in [-0.05, 0) is 133 Å². The average molecular weight is 695 g/mol. The Balaban J connectivity index is 1.29. The summed E-state index contributed by atoms with van der Waals surface area (Å²) in [6.07, 6.45) is 13.1. The van der Waals surface area contributed by atoms with Gasteiger partial charge in [0.1, 0.15) is 0 Å². The van der Waals surface area contributed by atoms with Gasteiger partial charge < -0.3 is 0 Å². The third-order valence-electron chi connectivity index (χ3n) is 15.3. The van der Waals surface area contributed by atoms with Gasteiger partial charge in [0.25, 0.3) is 0 Å². The smallest absolute Gasteiger partial charge is 0.0544 e. The Hall–Kier alpha value is -1.34. The van der Waals surface area contributed by atoms with Gasteiger partial charge in [0.2, 0.25) is 0 Å². The molecule has 4 aliphatic carbocycles. The zero-order chi connectivity index (χ0) is 36.8. The normalized spacial score (nSPS) is 32.6. The Morgan fingerprint density at radius 2 is 0.860 bits per heavy atom. The predicted octanol–water partition coefficient (Wildman–Crippen LogP) is 14.9. The molecule has 50 heavy (non-hydrogen) atoms. The van der Waals surface area contributed by atoms with Crippen LogP contribution < -0.4 is 0 Å². The van der Waals surface area contributed by atoms with Crippen molar-refractivity contribution in [3.05, 3.63) is 69.8 Å². The zero-order valence-corrected chi connectivity index (χ0v) is 36.5. The number of benzene rings is 2. The summed E-state index contributed by atoms with van der Waals surface area (Å²) in [5.41, 5.74) is 12.3. The zero-order valence-electron chi connectivity index (χ0n) is 35.5. The minimum absolute atomic E-state index is 0.184. The highest BCUT2D eigenvalue weighted by atomic mass is 28.3. The van der Waals surface area contributed by atoms with E-state index in [-0.39, 0.29) is 21.7 Å². The van der Waals surface area contributed by atoms with Gasteiger partial charge in [0, 0.05) is 0 Å². The molecule has 0 spiro atoms. The van der Waals surface area contributed by atoms with E-state index in [2.05, 4.69) is 140 Å². The SMILES string of the molecule is CC1CC2C(c3cc(C(C)(C)C)cc(C(C)(C)C)c3)CCCC2C1[Si](C)(C)C1CCC2C(c3cc(C(C)(C)C)cc(C(C)(C)C)c3)CCCC21.